The van der Waals surface area contributed by atoms with Crippen molar-refractivity contribution in [1.82, 2.24) is 0 Å². The van der Waals surface area contributed by atoms with Gasteiger partial charge in [-0.15, -0.1) is 0 Å². The van der Waals surface area contributed by atoms with Crippen LogP contribution in [0, 0.1) is 11.3 Å². The molecule has 2 atom stereocenters. The van der Waals surface area contributed by atoms with Crippen molar-refractivity contribution in [3.63, 3.8) is 0 Å². The monoisotopic (exact) mass is 200 g/mol. The summed E-state index contributed by atoms with van der Waals surface area (Å²) in [5.74, 6) is 0.723. The Hall–Kier alpha value is -0.0800. The highest BCUT2D eigenvalue weighted by molar-refractivity contribution is 4.93. The third kappa shape index (κ3) is 2.48. The van der Waals surface area contributed by atoms with Gasteiger partial charge in [0.05, 0.1) is 12.7 Å². The third-order valence-corrected chi connectivity index (χ3v) is 3.36. The average Bonchev–Trinajstić information content (AvgIpc) is 2.47. The fourth-order valence-corrected chi connectivity index (χ4v) is 3.03. The van der Waals surface area contributed by atoms with Gasteiger partial charge in [0, 0.05) is 19.6 Å². The van der Waals surface area contributed by atoms with Crippen molar-refractivity contribution in [2.24, 2.45) is 11.3 Å². The summed E-state index contributed by atoms with van der Waals surface area (Å²) in [6.45, 7) is 5.41. The standard InChI is InChI=1S/C12H24O2/c1-10(2)8-12(9-13-3)7-5-6-11(12)14-4/h10-11H,5-9H2,1-4H3. The van der Waals surface area contributed by atoms with Crippen molar-refractivity contribution < 1.29 is 9.47 Å². The second-order valence-electron chi connectivity index (χ2n) is 5.01. The van der Waals surface area contributed by atoms with E-state index in [2.05, 4.69) is 13.8 Å². The average molecular weight is 200 g/mol. The second-order valence-corrected chi connectivity index (χ2v) is 5.01. The lowest BCUT2D eigenvalue weighted by atomic mass is 9.77. The first-order chi connectivity index (χ1) is 6.64. The van der Waals surface area contributed by atoms with Crippen LogP contribution in [0.5, 0.6) is 0 Å². The Morgan fingerprint density at radius 3 is 2.57 bits per heavy atom. The molecule has 14 heavy (non-hydrogen) atoms. The van der Waals surface area contributed by atoms with Crippen LogP contribution in [-0.4, -0.2) is 26.9 Å². The lowest BCUT2D eigenvalue weighted by Gasteiger charge is -2.35. The smallest absolute Gasteiger partial charge is 0.0649 e. The first-order valence-electron chi connectivity index (χ1n) is 5.66. The largest absolute Gasteiger partial charge is 0.384 e. The van der Waals surface area contributed by atoms with E-state index >= 15 is 0 Å². The molecule has 1 fully saturated rings. The van der Waals surface area contributed by atoms with E-state index in [-0.39, 0.29) is 5.41 Å². The Balaban J connectivity index is 2.68. The molecule has 0 aromatic rings. The van der Waals surface area contributed by atoms with Crippen molar-refractivity contribution >= 4 is 0 Å². The summed E-state index contributed by atoms with van der Waals surface area (Å²) < 4.78 is 11.0. The van der Waals surface area contributed by atoms with Crippen molar-refractivity contribution in [1.29, 1.82) is 0 Å². The van der Waals surface area contributed by atoms with Crippen molar-refractivity contribution in [2.45, 2.75) is 45.6 Å². The lowest BCUT2D eigenvalue weighted by molar-refractivity contribution is -0.0457. The van der Waals surface area contributed by atoms with Gasteiger partial charge in [0.15, 0.2) is 0 Å². The van der Waals surface area contributed by atoms with Crippen LogP contribution in [0.3, 0.4) is 0 Å². The predicted octanol–water partition coefficient (Wildman–Crippen LogP) is 2.86. The van der Waals surface area contributed by atoms with Crippen molar-refractivity contribution in [3.05, 3.63) is 0 Å². The van der Waals surface area contributed by atoms with E-state index in [1.807, 2.05) is 7.11 Å². The van der Waals surface area contributed by atoms with Crippen molar-refractivity contribution in [3.8, 4) is 0 Å². The highest BCUT2D eigenvalue weighted by Crippen LogP contribution is 2.44. The van der Waals surface area contributed by atoms with E-state index < -0.39 is 0 Å². The Morgan fingerprint density at radius 2 is 2.07 bits per heavy atom. The van der Waals surface area contributed by atoms with Gasteiger partial charge in [0.2, 0.25) is 0 Å². The summed E-state index contributed by atoms with van der Waals surface area (Å²) in [4.78, 5) is 0. The molecule has 2 unspecified atom stereocenters. The molecular weight excluding hydrogens is 176 g/mol. The van der Waals surface area contributed by atoms with Crippen LogP contribution in [0.4, 0.5) is 0 Å². The maximum Gasteiger partial charge on any atom is 0.0649 e. The summed E-state index contributed by atoms with van der Waals surface area (Å²) in [5, 5.41) is 0. The molecule has 0 heterocycles. The summed E-state index contributed by atoms with van der Waals surface area (Å²) in [5.41, 5.74) is 0.289. The minimum Gasteiger partial charge on any atom is -0.384 e. The zero-order valence-electron chi connectivity index (χ0n) is 10.0. The third-order valence-electron chi connectivity index (χ3n) is 3.36. The molecule has 0 aromatic carbocycles. The van der Waals surface area contributed by atoms with Crippen LogP contribution in [0.15, 0.2) is 0 Å². The molecule has 1 rings (SSSR count). The van der Waals surface area contributed by atoms with E-state index in [9.17, 15) is 0 Å². The Labute approximate surface area is 88.0 Å². The number of ether oxygens (including phenoxy) is 2. The molecule has 1 saturated carbocycles. The Kier molecular flexibility index (Phi) is 4.39. The van der Waals surface area contributed by atoms with Gasteiger partial charge in [-0.2, -0.15) is 0 Å². The zero-order valence-corrected chi connectivity index (χ0v) is 10.0. The van der Waals surface area contributed by atoms with Crippen molar-refractivity contribution in [2.75, 3.05) is 20.8 Å². The number of rotatable bonds is 5. The molecule has 84 valence electrons. The van der Waals surface area contributed by atoms with Crippen LogP contribution in [0.25, 0.3) is 0 Å². The molecule has 1 aliphatic rings. The molecular formula is C12H24O2. The van der Waals surface area contributed by atoms with Gasteiger partial charge in [0.1, 0.15) is 0 Å². The van der Waals surface area contributed by atoms with E-state index in [0.29, 0.717) is 6.10 Å². The van der Waals surface area contributed by atoms with Gasteiger partial charge in [-0.1, -0.05) is 20.3 Å². The van der Waals surface area contributed by atoms with Crippen LogP contribution < -0.4 is 0 Å². The molecule has 0 spiro atoms. The van der Waals surface area contributed by atoms with E-state index in [1.54, 1.807) is 7.11 Å². The molecule has 0 aromatic heterocycles. The van der Waals surface area contributed by atoms with E-state index in [0.717, 1.165) is 12.5 Å². The second kappa shape index (κ2) is 5.13. The van der Waals surface area contributed by atoms with Gasteiger partial charge in [-0.05, 0) is 25.2 Å². The lowest BCUT2D eigenvalue weighted by Crippen LogP contribution is -2.37. The Bertz CT molecular complexity index is 168. The van der Waals surface area contributed by atoms with Gasteiger partial charge in [-0.25, -0.2) is 0 Å². The maximum absolute atomic E-state index is 5.60. The number of hydrogen-bond acceptors (Lipinski definition) is 2. The highest BCUT2D eigenvalue weighted by Gasteiger charge is 2.43. The molecule has 2 heteroatoms. The van der Waals surface area contributed by atoms with Gasteiger partial charge in [0.25, 0.3) is 0 Å². The zero-order chi connectivity index (χ0) is 10.6. The molecule has 1 aliphatic carbocycles. The normalized spacial score (nSPS) is 32.8. The van der Waals surface area contributed by atoms with Gasteiger partial charge >= 0.3 is 0 Å². The summed E-state index contributed by atoms with van der Waals surface area (Å²) in [6, 6.07) is 0. The molecule has 0 saturated heterocycles. The SMILES string of the molecule is COCC1(CC(C)C)CCCC1OC. The van der Waals surface area contributed by atoms with Crippen LogP contribution >= 0.6 is 0 Å². The quantitative estimate of drug-likeness (QED) is 0.679. The number of methoxy groups -OCH3 is 2. The molecule has 0 bridgehead atoms. The molecule has 0 amide bonds. The van der Waals surface area contributed by atoms with Crippen LogP contribution in [0.1, 0.15) is 39.5 Å². The molecule has 0 N–H and O–H groups in total. The maximum atomic E-state index is 5.60. The summed E-state index contributed by atoms with van der Waals surface area (Å²) in [6.07, 6.45) is 5.38. The van der Waals surface area contributed by atoms with Crippen LogP contribution in [-0.2, 0) is 9.47 Å². The number of hydrogen-bond donors (Lipinski definition) is 0. The fourth-order valence-electron chi connectivity index (χ4n) is 3.03. The highest BCUT2D eigenvalue weighted by atomic mass is 16.5. The molecule has 0 radical (unpaired) electrons. The topological polar surface area (TPSA) is 18.5 Å². The fraction of sp³-hybridized carbons (Fsp3) is 1.00. The minimum atomic E-state index is 0.289. The first-order valence-corrected chi connectivity index (χ1v) is 5.66. The molecule has 2 nitrogen and oxygen atoms in total. The predicted molar refractivity (Wildman–Crippen MR) is 58.4 cm³/mol. The molecule has 0 aliphatic heterocycles. The van der Waals surface area contributed by atoms with E-state index in [4.69, 9.17) is 9.47 Å². The van der Waals surface area contributed by atoms with Gasteiger partial charge in [-0.3, -0.25) is 0 Å². The summed E-state index contributed by atoms with van der Waals surface area (Å²) >= 11 is 0. The van der Waals surface area contributed by atoms with Crippen LogP contribution in [0.2, 0.25) is 0 Å². The first kappa shape index (κ1) is 12.0. The minimum absolute atomic E-state index is 0.289. The van der Waals surface area contributed by atoms with E-state index in [1.165, 1.54) is 25.7 Å². The summed E-state index contributed by atoms with van der Waals surface area (Å²) in [7, 11) is 3.63. The Morgan fingerprint density at radius 1 is 1.36 bits per heavy atom. The van der Waals surface area contributed by atoms with Gasteiger partial charge < -0.3 is 9.47 Å².